The van der Waals surface area contributed by atoms with Crippen LogP contribution in [-0.4, -0.2) is 33.6 Å². The molecule has 2 aliphatic rings. The van der Waals surface area contributed by atoms with Crippen molar-refractivity contribution in [2.75, 3.05) is 18.1 Å². The van der Waals surface area contributed by atoms with E-state index in [1.807, 2.05) is 0 Å². The Balaban J connectivity index is 1.89. The summed E-state index contributed by atoms with van der Waals surface area (Å²) >= 11 is 0. The summed E-state index contributed by atoms with van der Waals surface area (Å²) in [4.78, 5) is 14.1. The zero-order valence-electron chi connectivity index (χ0n) is 10.9. The van der Waals surface area contributed by atoms with Gasteiger partial charge in [0.15, 0.2) is 0 Å². The molecular weight excluding hydrogens is 280 g/mol. The second-order valence-corrected chi connectivity index (χ2v) is 6.64. The molecule has 2 heterocycles. The van der Waals surface area contributed by atoms with E-state index in [2.05, 4.69) is 0 Å². The Morgan fingerprint density at radius 3 is 2.85 bits per heavy atom. The number of nitrogens with zero attached hydrogens (tertiary/aromatic N) is 1. The van der Waals surface area contributed by atoms with E-state index in [0.717, 1.165) is 24.1 Å². The lowest BCUT2D eigenvalue weighted by Gasteiger charge is -2.20. The van der Waals surface area contributed by atoms with Crippen molar-refractivity contribution in [1.82, 2.24) is 0 Å². The second kappa shape index (κ2) is 4.83. The first kappa shape index (κ1) is 13.5. The van der Waals surface area contributed by atoms with Gasteiger partial charge < -0.3 is 9.64 Å². The average molecular weight is 296 g/mol. The Kier molecular flexibility index (Phi) is 3.27. The summed E-state index contributed by atoms with van der Waals surface area (Å²) in [6.07, 6.45) is 1.93. The summed E-state index contributed by atoms with van der Waals surface area (Å²) in [7, 11) is -3.71. The average Bonchev–Trinajstić information content (AvgIpc) is 3.06. The minimum atomic E-state index is -3.71. The number of amides is 1. The van der Waals surface area contributed by atoms with E-state index in [9.17, 15) is 13.2 Å². The Labute approximate surface area is 117 Å². The third kappa shape index (κ3) is 2.32. The fraction of sp³-hybridized carbons (Fsp3) is 0.462. The molecule has 0 aromatic heterocycles. The number of benzene rings is 1. The van der Waals surface area contributed by atoms with Gasteiger partial charge in [-0.2, -0.15) is 0 Å². The molecule has 7 heteroatoms. The van der Waals surface area contributed by atoms with Crippen LogP contribution in [0.15, 0.2) is 23.1 Å². The first-order valence-corrected chi connectivity index (χ1v) is 8.10. The van der Waals surface area contributed by atoms with Crippen LogP contribution in [0, 0.1) is 0 Å². The van der Waals surface area contributed by atoms with Crippen molar-refractivity contribution in [2.24, 2.45) is 5.14 Å². The summed E-state index contributed by atoms with van der Waals surface area (Å²) in [5.74, 6) is -0.0374. The monoisotopic (exact) mass is 296 g/mol. The number of sulfonamides is 1. The highest BCUT2D eigenvalue weighted by Gasteiger charge is 2.33. The number of nitrogens with two attached hydrogens (primary N) is 1. The minimum absolute atomic E-state index is 0.0374. The fourth-order valence-corrected chi connectivity index (χ4v) is 3.29. The van der Waals surface area contributed by atoms with E-state index in [0.29, 0.717) is 19.6 Å². The standard InChI is InChI=1S/C13H16N2O4S/c14-20(17,18)10-3-4-11-9(8-10)5-6-15(11)13(16)12-2-1-7-19-12/h3-4,8,12H,1-2,5-7H2,(H2,14,17,18). The fourth-order valence-electron chi connectivity index (χ4n) is 2.73. The number of primary sulfonamides is 1. The summed E-state index contributed by atoms with van der Waals surface area (Å²) in [6, 6.07) is 4.64. The maximum absolute atomic E-state index is 12.4. The number of hydrogen-bond acceptors (Lipinski definition) is 4. The molecule has 6 nitrogen and oxygen atoms in total. The van der Waals surface area contributed by atoms with Gasteiger partial charge in [-0.15, -0.1) is 0 Å². The van der Waals surface area contributed by atoms with Gasteiger partial charge in [0.2, 0.25) is 10.0 Å². The number of ether oxygens (including phenoxy) is 1. The van der Waals surface area contributed by atoms with Crippen LogP contribution in [0.5, 0.6) is 0 Å². The smallest absolute Gasteiger partial charge is 0.256 e. The number of anilines is 1. The molecule has 108 valence electrons. The molecule has 0 saturated carbocycles. The van der Waals surface area contributed by atoms with Crippen molar-refractivity contribution >= 4 is 21.6 Å². The number of fused-ring (bicyclic) bond motifs is 1. The van der Waals surface area contributed by atoms with Gasteiger partial charge in [0.25, 0.3) is 5.91 Å². The largest absolute Gasteiger partial charge is 0.368 e. The van der Waals surface area contributed by atoms with Crippen molar-refractivity contribution in [3.8, 4) is 0 Å². The Bertz CT molecular complexity index is 650. The van der Waals surface area contributed by atoms with E-state index in [-0.39, 0.29) is 16.9 Å². The number of carbonyl (C=O) groups excluding carboxylic acids is 1. The van der Waals surface area contributed by atoms with Gasteiger partial charge in [-0.1, -0.05) is 0 Å². The molecule has 1 fully saturated rings. The third-order valence-corrected chi connectivity index (χ3v) is 4.66. The van der Waals surface area contributed by atoms with Gasteiger partial charge in [0, 0.05) is 18.8 Å². The van der Waals surface area contributed by atoms with E-state index in [4.69, 9.17) is 9.88 Å². The van der Waals surface area contributed by atoms with E-state index in [1.54, 1.807) is 17.0 Å². The molecule has 0 spiro atoms. The lowest BCUT2D eigenvalue weighted by atomic mass is 10.1. The molecule has 20 heavy (non-hydrogen) atoms. The first-order valence-electron chi connectivity index (χ1n) is 6.55. The highest BCUT2D eigenvalue weighted by atomic mass is 32.2. The lowest BCUT2D eigenvalue weighted by Crippen LogP contribution is -2.37. The molecule has 2 N–H and O–H groups in total. The molecule has 3 rings (SSSR count). The van der Waals surface area contributed by atoms with Gasteiger partial charge >= 0.3 is 0 Å². The number of rotatable bonds is 2. The Hall–Kier alpha value is -1.44. The van der Waals surface area contributed by atoms with Gasteiger partial charge in [0.1, 0.15) is 6.10 Å². The van der Waals surface area contributed by atoms with Crippen LogP contribution in [0.2, 0.25) is 0 Å². The Morgan fingerprint density at radius 1 is 1.40 bits per heavy atom. The lowest BCUT2D eigenvalue weighted by molar-refractivity contribution is -0.127. The van der Waals surface area contributed by atoms with Crippen LogP contribution < -0.4 is 10.0 Å². The first-order chi connectivity index (χ1) is 9.47. The van der Waals surface area contributed by atoms with Gasteiger partial charge in [0.05, 0.1) is 4.90 Å². The van der Waals surface area contributed by atoms with Crippen molar-refractivity contribution in [1.29, 1.82) is 0 Å². The Morgan fingerprint density at radius 2 is 2.20 bits per heavy atom. The predicted molar refractivity (Wildman–Crippen MR) is 72.8 cm³/mol. The van der Waals surface area contributed by atoms with E-state index < -0.39 is 10.0 Å². The summed E-state index contributed by atoms with van der Waals surface area (Å²) < 4.78 is 28.1. The van der Waals surface area contributed by atoms with Crippen molar-refractivity contribution in [3.05, 3.63) is 23.8 Å². The summed E-state index contributed by atoms with van der Waals surface area (Å²) in [6.45, 7) is 1.18. The van der Waals surface area contributed by atoms with Gasteiger partial charge in [-0.25, -0.2) is 13.6 Å². The van der Waals surface area contributed by atoms with E-state index in [1.165, 1.54) is 6.07 Å². The topological polar surface area (TPSA) is 89.7 Å². The summed E-state index contributed by atoms with van der Waals surface area (Å²) in [5, 5.41) is 5.12. The van der Waals surface area contributed by atoms with Crippen molar-refractivity contribution < 1.29 is 17.9 Å². The maximum Gasteiger partial charge on any atom is 0.256 e. The van der Waals surface area contributed by atoms with Gasteiger partial charge in [-0.05, 0) is 43.0 Å². The number of carbonyl (C=O) groups is 1. The molecule has 1 aromatic carbocycles. The zero-order chi connectivity index (χ0) is 14.3. The molecule has 1 saturated heterocycles. The van der Waals surface area contributed by atoms with Crippen LogP contribution >= 0.6 is 0 Å². The molecule has 1 aromatic rings. The highest BCUT2D eigenvalue weighted by molar-refractivity contribution is 7.89. The zero-order valence-corrected chi connectivity index (χ0v) is 11.7. The van der Waals surface area contributed by atoms with Crippen LogP contribution in [-0.2, 0) is 26.0 Å². The van der Waals surface area contributed by atoms with Crippen molar-refractivity contribution in [3.63, 3.8) is 0 Å². The normalized spacial score (nSPS) is 22.1. The second-order valence-electron chi connectivity index (χ2n) is 5.08. The molecule has 1 atom stereocenters. The van der Waals surface area contributed by atoms with Crippen molar-refractivity contribution in [2.45, 2.75) is 30.3 Å². The summed E-state index contributed by atoms with van der Waals surface area (Å²) in [5.41, 5.74) is 1.60. The maximum atomic E-state index is 12.4. The molecule has 1 amide bonds. The van der Waals surface area contributed by atoms with Crippen LogP contribution in [0.25, 0.3) is 0 Å². The highest BCUT2D eigenvalue weighted by Crippen LogP contribution is 2.31. The van der Waals surface area contributed by atoms with Crippen LogP contribution in [0.3, 0.4) is 0 Å². The molecule has 0 aliphatic carbocycles. The van der Waals surface area contributed by atoms with Crippen LogP contribution in [0.1, 0.15) is 18.4 Å². The SMILES string of the molecule is NS(=O)(=O)c1ccc2c(c1)CCN2C(=O)C1CCCO1. The molecular formula is C13H16N2O4S. The van der Waals surface area contributed by atoms with E-state index >= 15 is 0 Å². The predicted octanol–water partition coefficient (Wildman–Crippen LogP) is 0.402. The molecule has 0 bridgehead atoms. The molecule has 1 unspecified atom stereocenters. The third-order valence-electron chi connectivity index (χ3n) is 3.75. The quantitative estimate of drug-likeness (QED) is 0.855. The number of hydrogen-bond donors (Lipinski definition) is 1. The molecule has 0 radical (unpaired) electrons. The van der Waals surface area contributed by atoms with Gasteiger partial charge in [-0.3, -0.25) is 4.79 Å². The van der Waals surface area contributed by atoms with Crippen LogP contribution in [0.4, 0.5) is 5.69 Å². The molecule has 2 aliphatic heterocycles. The minimum Gasteiger partial charge on any atom is -0.368 e.